The Morgan fingerprint density at radius 1 is 0.909 bits per heavy atom. The number of hydrogen-bond donors (Lipinski definition) is 0. The van der Waals surface area contributed by atoms with E-state index in [1.54, 1.807) is 17.0 Å². The molecule has 0 unspecified atom stereocenters. The molecule has 1 saturated heterocycles. The highest BCUT2D eigenvalue weighted by Gasteiger charge is 2.67. The van der Waals surface area contributed by atoms with Crippen LogP contribution in [0.5, 0.6) is 0 Å². The molecule has 1 aromatic rings. The van der Waals surface area contributed by atoms with Crippen LogP contribution in [0.2, 0.25) is 0 Å². The number of amides is 2. The van der Waals surface area contributed by atoms with Gasteiger partial charge in [-0.25, -0.2) is 0 Å². The smallest absolute Gasteiger partial charge is 0.309 e. The summed E-state index contributed by atoms with van der Waals surface area (Å²) in [6.45, 7) is 1.69. The molecule has 1 aliphatic heterocycles. The van der Waals surface area contributed by atoms with Gasteiger partial charge in [-0.05, 0) is 62.7 Å². The number of likely N-dealkylation sites (tertiary alicyclic amines) is 1. The molecule has 1 heterocycles. The van der Waals surface area contributed by atoms with Crippen LogP contribution in [0, 0.1) is 48.3 Å². The van der Waals surface area contributed by atoms with Crippen molar-refractivity contribution in [3.8, 4) is 0 Å². The third-order valence-corrected chi connectivity index (χ3v) is 8.81. The largest absolute Gasteiger partial charge is 0.457 e. The normalized spacial score (nSPS) is 38.2. The Bertz CT molecular complexity index is 1010. The van der Waals surface area contributed by atoms with E-state index in [1.807, 2.05) is 19.1 Å². The van der Waals surface area contributed by atoms with E-state index in [0.29, 0.717) is 43.1 Å². The second-order valence-electron chi connectivity index (χ2n) is 10.6. The molecule has 2 bridgehead atoms. The van der Waals surface area contributed by atoms with Crippen LogP contribution < -0.4 is 0 Å². The number of carbonyl (C=O) groups is 4. The number of nitrogens with zero attached hydrogens (tertiary/aromatic N) is 1. The molecule has 5 aliphatic carbocycles. The van der Waals surface area contributed by atoms with Crippen LogP contribution in [0.3, 0.4) is 0 Å². The fourth-order valence-electron chi connectivity index (χ4n) is 6.99. The zero-order valence-corrected chi connectivity index (χ0v) is 18.8. The van der Waals surface area contributed by atoms with Crippen LogP contribution in [0.25, 0.3) is 0 Å². The van der Waals surface area contributed by atoms with Crippen molar-refractivity contribution in [2.75, 3.05) is 6.61 Å². The summed E-state index contributed by atoms with van der Waals surface area (Å²) in [5.41, 5.74) is 1.60. The van der Waals surface area contributed by atoms with Gasteiger partial charge < -0.3 is 4.74 Å². The number of aryl methyl sites for hydroxylation is 1. The number of imide groups is 1. The summed E-state index contributed by atoms with van der Waals surface area (Å²) in [7, 11) is 0. The molecule has 6 heteroatoms. The standard InChI is InChI=1S/C27H29NO5/c1-14-2-4-15(5-3-14)22(29)13-33-27(32)16-6-8-17(9-7-16)28-25(30)23-18-10-11-19(21-12-20(18)21)24(23)26(28)31/h2-5,10-11,16-21,23-24H,6-9,12-13H2,1H3/t16?,17?,18-,19-,20-,21+,23+,24+/m0/s1. The maximum Gasteiger partial charge on any atom is 0.309 e. The summed E-state index contributed by atoms with van der Waals surface area (Å²) in [5.74, 6) is 0.544. The molecule has 3 saturated carbocycles. The van der Waals surface area contributed by atoms with E-state index in [1.165, 1.54) is 0 Å². The lowest BCUT2D eigenvalue weighted by atomic mass is 9.63. The lowest BCUT2D eigenvalue weighted by Crippen LogP contribution is -2.44. The summed E-state index contributed by atoms with van der Waals surface area (Å²) in [5, 5.41) is 0. The molecule has 1 aromatic carbocycles. The van der Waals surface area contributed by atoms with Gasteiger partial charge in [0.05, 0.1) is 17.8 Å². The minimum Gasteiger partial charge on any atom is -0.457 e. The Balaban J connectivity index is 1.04. The molecule has 0 spiro atoms. The molecule has 33 heavy (non-hydrogen) atoms. The number of hydrogen-bond acceptors (Lipinski definition) is 5. The maximum absolute atomic E-state index is 13.3. The van der Waals surface area contributed by atoms with Crippen molar-refractivity contribution < 1.29 is 23.9 Å². The highest BCUT2D eigenvalue weighted by molar-refractivity contribution is 6.06. The van der Waals surface area contributed by atoms with Gasteiger partial charge in [0.2, 0.25) is 11.8 Å². The van der Waals surface area contributed by atoms with Gasteiger partial charge in [-0.15, -0.1) is 0 Å². The van der Waals surface area contributed by atoms with Gasteiger partial charge in [-0.2, -0.15) is 0 Å². The highest BCUT2D eigenvalue weighted by Crippen LogP contribution is 2.65. The molecule has 6 nitrogen and oxygen atoms in total. The summed E-state index contributed by atoms with van der Waals surface area (Å²) in [6, 6.07) is 7.08. The fraction of sp³-hybridized carbons (Fsp3) is 0.556. The monoisotopic (exact) mass is 447 g/mol. The number of carbonyl (C=O) groups excluding carboxylic acids is 4. The van der Waals surface area contributed by atoms with E-state index in [2.05, 4.69) is 12.2 Å². The van der Waals surface area contributed by atoms with E-state index in [0.717, 1.165) is 12.0 Å². The van der Waals surface area contributed by atoms with Gasteiger partial charge in [-0.1, -0.05) is 42.0 Å². The molecule has 6 aliphatic rings. The molecule has 4 fully saturated rings. The Morgan fingerprint density at radius 2 is 1.48 bits per heavy atom. The van der Waals surface area contributed by atoms with E-state index in [9.17, 15) is 19.2 Å². The van der Waals surface area contributed by atoms with Crippen LogP contribution in [0.4, 0.5) is 0 Å². The SMILES string of the molecule is Cc1ccc(C(=O)COC(=O)C2CCC(N3C(=O)[C@@H]4[C@H]5C=C[C@@H]([C@@H]6C[C@H]56)[C@H]4C3=O)CC2)cc1. The van der Waals surface area contributed by atoms with Gasteiger partial charge in [0, 0.05) is 11.6 Å². The number of ketones is 1. The summed E-state index contributed by atoms with van der Waals surface area (Å²) in [4.78, 5) is 53.0. The van der Waals surface area contributed by atoms with Gasteiger partial charge in [0.1, 0.15) is 0 Å². The van der Waals surface area contributed by atoms with Gasteiger partial charge in [0.25, 0.3) is 0 Å². The maximum atomic E-state index is 13.3. The molecular weight excluding hydrogens is 418 g/mol. The van der Waals surface area contributed by atoms with Crippen molar-refractivity contribution in [3.63, 3.8) is 0 Å². The Kier molecular flexibility index (Phi) is 4.82. The third-order valence-electron chi connectivity index (χ3n) is 8.81. The quantitative estimate of drug-likeness (QED) is 0.299. The van der Waals surface area contributed by atoms with E-state index >= 15 is 0 Å². The van der Waals surface area contributed by atoms with Crippen LogP contribution in [0.1, 0.15) is 48.0 Å². The van der Waals surface area contributed by atoms with E-state index in [4.69, 9.17) is 4.74 Å². The molecule has 0 radical (unpaired) electrons. The topological polar surface area (TPSA) is 80.8 Å². The van der Waals surface area contributed by atoms with Crippen LogP contribution in [-0.4, -0.2) is 41.1 Å². The zero-order valence-electron chi connectivity index (χ0n) is 18.8. The number of ether oxygens (including phenoxy) is 1. The van der Waals surface area contributed by atoms with Gasteiger partial charge >= 0.3 is 5.97 Å². The highest BCUT2D eigenvalue weighted by atomic mass is 16.5. The number of esters is 1. The molecule has 7 rings (SSSR count). The van der Waals surface area contributed by atoms with Crippen molar-refractivity contribution in [2.45, 2.75) is 45.1 Å². The Morgan fingerprint density at radius 3 is 2.06 bits per heavy atom. The summed E-state index contributed by atoms with van der Waals surface area (Å²) >= 11 is 0. The minimum absolute atomic E-state index is 0.0180. The lowest BCUT2D eigenvalue weighted by molar-refractivity contribution is -0.149. The summed E-state index contributed by atoms with van der Waals surface area (Å²) < 4.78 is 5.32. The average Bonchev–Trinajstić information content (AvgIpc) is 3.61. The van der Waals surface area contributed by atoms with Gasteiger partial charge in [0.15, 0.2) is 12.4 Å². The van der Waals surface area contributed by atoms with Crippen molar-refractivity contribution in [1.82, 2.24) is 4.90 Å². The van der Waals surface area contributed by atoms with Crippen LogP contribution in [0.15, 0.2) is 36.4 Å². The van der Waals surface area contributed by atoms with E-state index < -0.39 is 0 Å². The lowest BCUT2D eigenvalue weighted by Gasteiger charge is -2.37. The van der Waals surface area contributed by atoms with Crippen molar-refractivity contribution in [2.24, 2.45) is 41.4 Å². The molecule has 6 atom stereocenters. The van der Waals surface area contributed by atoms with Crippen LogP contribution >= 0.6 is 0 Å². The molecule has 0 N–H and O–H groups in total. The first-order valence-corrected chi connectivity index (χ1v) is 12.3. The predicted octanol–water partition coefficient (Wildman–Crippen LogP) is 3.33. The first-order valence-electron chi connectivity index (χ1n) is 12.3. The second kappa shape index (κ2) is 7.64. The number of allylic oxidation sites excluding steroid dienone is 2. The number of rotatable bonds is 5. The molecule has 172 valence electrons. The van der Waals surface area contributed by atoms with Gasteiger partial charge in [-0.3, -0.25) is 24.1 Å². The van der Waals surface area contributed by atoms with Crippen molar-refractivity contribution in [3.05, 3.63) is 47.5 Å². The Hall–Kier alpha value is -2.76. The first-order chi connectivity index (χ1) is 15.9. The van der Waals surface area contributed by atoms with E-state index in [-0.39, 0.29) is 65.8 Å². The van der Waals surface area contributed by atoms with Crippen molar-refractivity contribution >= 4 is 23.6 Å². The predicted molar refractivity (Wildman–Crippen MR) is 119 cm³/mol. The number of benzene rings is 1. The molecule has 2 amide bonds. The zero-order chi connectivity index (χ0) is 22.9. The molecule has 0 aromatic heterocycles. The third kappa shape index (κ3) is 3.29. The second-order valence-corrected chi connectivity index (χ2v) is 10.6. The van der Waals surface area contributed by atoms with Crippen molar-refractivity contribution in [1.29, 1.82) is 0 Å². The minimum atomic E-state index is -0.357. The molecular formula is C27H29NO5. The summed E-state index contributed by atoms with van der Waals surface area (Å²) in [6.07, 6.45) is 7.95. The van der Waals surface area contributed by atoms with Crippen LogP contribution in [-0.2, 0) is 19.1 Å². The first kappa shape index (κ1) is 20.8. The number of Topliss-reactive ketones (excluding diaryl/α,β-unsaturated/α-hetero) is 1. The average molecular weight is 448 g/mol. The Labute approximate surface area is 193 Å². The fourth-order valence-corrected chi connectivity index (χ4v) is 6.99.